The molecule has 0 aromatic heterocycles. The van der Waals surface area contributed by atoms with E-state index in [-0.39, 0.29) is 0 Å². The van der Waals surface area contributed by atoms with E-state index in [1.165, 1.54) is 0 Å². The lowest BCUT2D eigenvalue weighted by Crippen LogP contribution is -1.69. The zero-order valence-electron chi connectivity index (χ0n) is 5.67. The normalized spacial score (nSPS) is 8.00. The van der Waals surface area contributed by atoms with E-state index in [0.717, 1.165) is 5.56 Å². The van der Waals surface area contributed by atoms with Gasteiger partial charge in [-0.2, -0.15) is 0 Å². The van der Waals surface area contributed by atoms with Gasteiger partial charge >= 0.3 is 0 Å². The molecule has 0 unspecified atom stereocenters. The van der Waals surface area contributed by atoms with Crippen molar-refractivity contribution in [2.45, 2.75) is 6.32 Å². The van der Waals surface area contributed by atoms with Crippen molar-refractivity contribution >= 4 is 7.85 Å². The van der Waals surface area contributed by atoms with Gasteiger partial charge in [0.25, 0.3) is 0 Å². The fourth-order valence-corrected chi connectivity index (χ4v) is 0.675. The minimum absolute atomic E-state index is 0.425. The van der Waals surface area contributed by atoms with Gasteiger partial charge in [-0.1, -0.05) is 24.1 Å². The van der Waals surface area contributed by atoms with Crippen LogP contribution in [0.2, 0.25) is 6.32 Å². The molecule has 1 rings (SSSR count). The molecule has 0 aliphatic carbocycles. The molecule has 1 heteroatoms. The van der Waals surface area contributed by atoms with Crippen molar-refractivity contribution in [1.82, 2.24) is 0 Å². The van der Waals surface area contributed by atoms with Crippen LogP contribution in [0.25, 0.3) is 0 Å². The topological polar surface area (TPSA) is 0 Å². The highest BCUT2D eigenvalue weighted by atomic mass is 13.8. The predicted octanol–water partition coefficient (Wildman–Crippen LogP) is 1.62. The molecule has 0 heterocycles. The molecule has 0 saturated heterocycles. The quantitative estimate of drug-likeness (QED) is 0.366. The third-order valence-electron chi connectivity index (χ3n) is 1.11. The van der Waals surface area contributed by atoms with Gasteiger partial charge in [0, 0.05) is 5.56 Å². The van der Waals surface area contributed by atoms with Crippen LogP contribution in [-0.2, 0) is 0 Å². The fourth-order valence-electron chi connectivity index (χ4n) is 0.675. The van der Waals surface area contributed by atoms with Crippen LogP contribution in [0.5, 0.6) is 0 Å². The van der Waals surface area contributed by atoms with Crippen LogP contribution in [-0.4, -0.2) is 7.85 Å². The van der Waals surface area contributed by atoms with E-state index < -0.39 is 0 Å². The Balaban J connectivity index is 2.76. The van der Waals surface area contributed by atoms with Crippen molar-refractivity contribution in [3.63, 3.8) is 0 Å². The zero-order valence-corrected chi connectivity index (χ0v) is 5.67. The number of benzene rings is 1. The largest absolute Gasteiger partial charge is 0.108 e. The Hall–Kier alpha value is -1.16. The van der Waals surface area contributed by atoms with Crippen LogP contribution in [0.3, 0.4) is 0 Å². The van der Waals surface area contributed by atoms with E-state index in [1.54, 1.807) is 0 Å². The molecular formula is C9H7B. The van der Waals surface area contributed by atoms with Crippen LogP contribution >= 0.6 is 0 Å². The van der Waals surface area contributed by atoms with Crippen molar-refractivity contribution in [3.8, 4) is 11.8 Å². The summed E-state index contributed by atoms with van der Waals surface area (Å²) in [6.07, 6.45) is 0.425. The average Bonchev–Trinajstić information content (AvgIpc) is 2.03. The molecule has 0 amide bonds. The molecule has 0 N–H and O–H groups in total. The summed E-state index contributed by atoms with van der Waals surface area (Å²) in [5.41, 5.74) is 1.02. The lowest BCUT2D eigenvalue weighted by molar-refractivity contribution is 1.64. The Kier molecular flexibility index (Phi) is 2.64. The van der Waals surface area contributed by atoms with E-state index in [4.69, 9.17) is 7.85 Å². The minimum Gasteiger partial charge on any atom is -0.108 e. The summed E-state index contributed by atoms with van der Waals surface area (Å²) < 4.78 is 0. The first-order valence-electron chi connectivity index (χ1n) is 3.17. The van der Waals surface area contributed by atoms with Gasteiger partial charge in [-0.25, -0.2) is 0 Å². The summed E-state index contributed by atoms with van der Waals surface area (Å²) in [7, 11) is 5.20. The van der Waals surface area contributed by atoms with E-state index in [1.807, 2.05) is 30.3 Å². The summed E-state index contributed by atoms with van der Waals surface area (Å²) >= 11 is 0. The van der Waals surface area contributed by atoms with Crippen molar-refractivity contribution in [2.24, 2.45) is 0 Å². The Bertz CT molecular complexity index is 240. The number of hydrogen-bond donors (Lipinski definition) is 0. The molecule has 0 spiro atoms. The van der Waals surface area contributed by atoms with Crippen LogP contribution in [0.15, 0.2) is 30.3 Å². The molecule has 0 atom stereocenters. The molecule has 0 nitrogen and oxygen atoms in total. The third kappa shape index (κ3) is 1.99. The van der Waals surface area contributed by atoms with Crippen LogP contribution in [0.4, 0.5) is 0 Å². The van der Waals surface area contributed by atoms with Crippen LogP contribution < -0.4 is 0 Å². The molecule has 10 heavy (non-hydrogen) atoms. The average molecular weight is 126 g/mol. The molecular weight excluding hydrogens is 119 g/mol. The maximum absolute atomic E-state index is 5.20. The zero-order chi connectivity index (χ0) is 7.23. The summed E-state index contributed by atoms with van der Waals surface area (Å²) in [4.78, 5) is 0. The highest BCUT2D eigenvalue weighted by Gasteiger charge is 1.78. The Morgan fingerprint density at radius 1 is 1.20 bits per heavy atom. The van der Waals surface area contributed by atoms with E-state index in [9.17, 15) is 0 Å². The molecule has 46 valence electrons. The second-order valence-electron chi connectivity index (χ2n) is 1.87. The van der Waals surface area contributed by atoms with Gasteiger partial charge in [0.05, 0.1) is 7.85 Å². The van der Waals surface area contributed by atoms with E-state index in [2.05, 4.69) is 11.8 Å². The van der Waals surface area contributed by atoms with Crippen LogP contribution in [0.1, 0.15) is 5.56 Å². The van der Waals surface area contributed by atoms with E-state index >= 15 is 0 Å². The summed E-state index contributed by atoms with van der Waals surface area (Å²) in [5.74, 6) is 5.71. The molecule has 0 fully saturated rings. The Morgan fingerprint density at radius 2 is 1.90 bits per heavy atom. The molecule has 1 aromatic rings. The lowest BCUT2D eigenvalue weighted by Gasteiger charge is -1.84. The molecule has 0 aliphatic heterocycles. The van der Waals surface area contributed by atoms with Gasteiger partial charge in [-0.15, -0.1) is 5.92 Å². The Morgan fingerprint density at radius 3 is 2.50 bits per heavy atom. The van der Waals surface area contributed by atoms with Gasteiger partial charge in [-0.3, -0.25) is 0 Å². The first-order valence-corrected chi connectivity index (χ1v) is 3.17. The lowest BCUT2D eigenvalue weighted by atomic mass is 10.1. The maximum Gasteiger partial charge on any atom is 0.0828 e. The van der Waals surface area contributed by atoms with Crippen LogP contribution in [0, 0.1) is 11.8 Å². The summed E-state index contributed by atoms with van der Waals surface area (Å²) in [6, 6.07) is 9.81. The maximum atomic E-state index is 5.20. The molecule has 0 aliphatic rings. The SMILES string of the molecule is [B]CC#Cc1ccccc1. The fraction of sp³-hybridized carbons (Fsp3) is 0.111. The van der Waals surface area contributed by atoms with Gasteiger partial charge in [0.2, 0.25) is 0 Å². The molecule has 0 saturated carbocycles. The molecule has 0 bridgehead atoms. The summed E-state index contributed by atoms with van der Waals surface area (Å²) in [6.45, 7) is 0. The third-order valence-corrected chi connectivity index (χ3v) is 1.11. The number of rotatable bonds is 0. The number of hydrogen-bond acceptors (Lipinski definition) is 0. The molecule has 1 aromatic carbocycles. The van der Waals surface area contributed by atoms with Crippen molar-refractivity contribution in [1.29, 1.82) is 0 Å². The molecule has 2 radical (unpaired) electrons. The van der Waals surface area contributed by atoms with Crippen molar-refractivity contribution in [2.75, 3.05) is 0 Å². The smallest absolute Gasteiger partial charge is 0.0828 e. The first-order chi connectivity index (χ1) is 4.93. The van der Waals surface area contributed by atoms with Crippen molar-refractivity contribution in [3.05, 3.63) is 35.9 Å². The predicted molar refractivity (Wildman–Crippen MR) is 43.9 cm³/mol. The van der Waals surface area contributed by atoms with Gasteiger partial charge in [-0.05, 0) is 18.5 Å². The van der Waals surface area contributed by atoms with Gasteiger partial charge in [0.15, 0.2) is 0 Å². The van der Waals surface area contributed by atoms with Gasteiger partial charge in [0.1, 0.15) is 0 Å². The van der Waals surface area contributed by atoms with Crippen molar-refractivity contribution < 1.29 is 0 Å². The Labute approximate surface area is 62.7 Å². The van der Waals surface area contributed by atoms with E-state index in [0.29, 0.717) is 6.32 Å². The first kappa shape index (κ1) is 6.96. The monoisotopic (exact) mass is 126 g/mol. The minimum atomic E-state index is 0.425. The second kappa shape index (κ2) is 3.79. The summed E-state index contributed by atoms with van der Waals surface area (Å²) in [5, 5.41) is 0. The second-order valence-corrected chi connectivity index (χ2v) is 1.87. The standard InChI is InChI=1S/C9H7B/c10-8-4-7-9-5-2-1-3-6-9/h1-3,5-6H,8H2. The van der Waals surface area contributed by atoms with Gasteiger partial charge < -0.3 is 0 Å². The highest BCUT2D eigenvalue weighted by Crippen LogP contribution is 1.94. The highest BCUT2D eigenvalue weighted by molar-refractivity contribution is 6.10.